The van der Waals surface area contributed by atoms with Crippen molar-refractivity contribution in [2.75, 3.05) is 37.8 Å². The summed E-state index contributed by atoms with van der Waals surface area (Å²) in [6.07, 6.45) is 8.87. The van der Waals surface area contributed by atoms with Gasteiger partial charge >= 0.3 is 0 Å². The molecule has 1 atom stereocenters. The predicted molar refractivity (Wildman–Crippen MR) is 197 cm³/mol. The number of hydrogen-bond donors (Lipinski definition) is 0. The molecule has 8 rings (SSSR count). The van der Waals surface area contributed by atoms with E-state index in [4.69, 9.17) is 14.2 Å². The van der Waals surface area contributed by atoms with Crippen molar-refractivity contribution < 1.29 is 23.0 Å². The van der Waals surface area contributed by atoms with Gasteiger partial charge in [-0.3, -0.25) is 0 Å². The molecule has 6 heteroatoms. The summed E-state index contributed by atoms with van der Waals surface area (Å²) >= 11 is 0. The highest BCUT2D eigenvalue weighted by Gasteiger charge is 2.45. The molecule has 1 unspecified atom stereocenters. The third-order valence-corrected chi connectivity index (χ3v) is 10.7. The van der Waals surface area contributed by atoms with Crippen LogP contribution in [0.15, 0.2) is 91.0 Å². The van der Waals surface area contributed by atoms with Gasteiger partial charge in [0.2, 0.25) is 0 Å². The van der Waals surface area contributed by atoms with Crippen LogP contribution in [0.1, 0.15) is 74.3 Å². The monoisotopic (exact) mass is 671 g/mol. The first-order chi connectivity index (χ1) is 24.3. The minimum atomic E-state index is -0.958. The number of unbranched alkanes of at least 4 members (excludes halogenated alkanes) is 3. The maximum atomic E-state index is 15.6. The molecule has 0 bridgehead atoms. The number of ether oxygens (including phenoxy) is 3. The van der Waals surface area contributed by atoms with Crippen molar-refractivity contribution in [3.63, 3.8) is 0 Å². The predicted octanol–water partition coefficient (Wildman–Crippen LogP) is 10.6. The largest absolute Gasteiger partial charge is 0.494 e. The number of morpholine rings is 1. The van der Waals surface area contributed by atoms with Crippen LogP contribution in [-0.4, -0.2) is 32.9 Å². The molecule has 0 N–H and O–H groups in total. The van der Waals surface area contributed by atoms with Crippen LogP contribution in [0.25, 0.3) is 28.0 Å². The lowest BCUT2D eigenvalue weighted by Gasteiger charge is -2.39. The Kier molecular flexibility index (Phi) is 8.39. The second-order valence-corrected chi connectivity index (χ2v) is 14.2. The van der Waals surface area contributed by atoms with Crippen molar-refractivity contribution in [3.8, 4) is 22.6 Å². The highest BCUT2D eigenvalue weighted by molar-refractivity contribution is 6.08. The summed E-state index contributed by atoms with van der Waals surface area (Å²) in [5.41, 5.74) is 5.27. The summed E-state index contributed by atoms with van der Waals surface area (Å²) in [7, 11) is 0. The average Bonchev–Trinajstić information content (AvgIpc) is 3.38. The van der Waals surface area contributed by atoms with E-state index in [-0.39, 0.29) is 0 Å². The standard InChI is InChI=1S/C44H43F2NO3/c1-4-5-6-9-24-49-33-18-14-30(15-19-33)44(29-12-16-32(17-13-29)47-22-25-48-26-23-47)21-20-36-41-39(34-10-7-8-11-35(34)42(36)50-44)37-27-31(45)28-38(46)40(37)43(41,2)3/h7-8,10-21,27-28H,4-6,9,22-26H2,1-3H3. The van der Waals surface area contributed by atoms with Crippen molar-refractivity contribution in [1.82, 2.24) is 0 Å². The van der Waals surface area contributed by atoms with E-state index in [1.54, 1.807) is 0 Å². The van der Waals surface area contributed by atoms with E-state index in [1.165, 1.54) is 18.9 Å². The molecular formula is C44H43F2NO3. The summed E-state index contributed by atoms with van der Waals surface area (Å²) in [5, 5.41) is 1.82. The van der Waals surface area contributed by atoms with Crippen LogP contribution in [0.2, 0.25) is 0 Å². The first-order valence-electron chi connectivity index (χ1n) is 18.0. The third kappa shape index (κ3) is 5.36. The Balaban J connectivity index is 1.27. The van der Waals surface area contributed by atoms with E-state index >= 15 is 4.39 Å². The highest BCUT2D eigenvalue weighted by atomic mass is 19.1. The maximum Gasteiger partial charge on any atom is 0.178 e. The van der Waals surface area contributed by atoms with Crippen LogP contribution >= 0.6 is 0 Å². The number of nitrogens with zero attached hydrogens (tertiary/aromatic N) is 1. The van der Waals surface area contributed by atoms with Crippen LogP contribution in [0.3, 0.4) is 0 Å². The molecule has 0 amide bonds. The van der Waals surface area contributed by atoms with Gasteiger partial charge in [0, 0.05) is 57.9 Å². The molecule has 1 saturated heterocycles. The number of hydrogen-bond acceptors (Lipinski definition) is 4. The average molecular weight is 672 g/mol. The van der Waals surface area contributed by atoms with Gasteiger partial charge < -0.3 is 19.1 Å². The smallest absolute Gasteiger partial charge is 0.178 e. The molecule has 3 aliphatic rings. The SMILES string of the molecule is CCCCCCOc1ccc(C2(c3ccc(N4CCOCC4)cc3)C=Cc3c4c(c5ccccc5c3O2)-c2cc(F)cc(F)c2C4(C)C)cc1. The van der Waals surface area contributed by atoms with Crippen LogP contribution in [0.5, 0.6) is 11.5 Å². The Morgan fingerprint density at radius 3 is 2.22 bits per heavy atom. The molecule has 1 aliphatic carbocycles. The first-order valence-corrected chi connectivity index (χ1v) is 18.0. The zero-order chi connectivity index (χ0) is 34.5. The van der Waals surface area contributed by atoms with E-state index in [9.17, 15) is 4.39 Å². The molecule has 2 heterocycles. The molecular weight excluding hydrogens is 628 g/mol. The first kappa shape index (κ1) is 32.5. The Hall–Kier alpha value is -4.68. The van der Waals surface area contributed by atoms with Gasteiger partial charge in [0.05, 0.1) is 19.8 Å². The lowest BCUT2D eigenvalue weighted by molar-refractivity contribution is 0.122. The Bertz CT molecular complexity index is 2080. The number of anilines is 1. The van der Waals surface area contributed by atoms with E-state index in [2.05, 4.69) is 66.4 Å². The molecule has 50 heavy (non-hydrogen) atoms. The van der Waals surface area contributed by atoms with Gasteiger partial charge in [0.25, 0.3) is 0 Å². The molecule has 256 valence electrons. The van der Waals surface area contributed by atoms with Gasteiger partial charge in [-0.05, 0) is 64.9 Å². The Labute approximate surface area is 293 Å². The zero-order valence-electron chi connectivity index (χ0n) is 29.0. The lowest BCUT2D eigenvalue weighted by atomic mass is 9.76. The Morgan fingerprint density at radius 2 is 1.50 bits per heavy atom. The highest BCUT2D eigenvalue weighted by Crippen LogP contribution is 2.58. The fourth-order valence-corrected chi connectivity index (χ4v) is 8.29. The van der Waals surface area contributed by atoms with Crippen molar-refractivity contribution in [2.45, 2.75) is 57.5 Å². The van der Waals surface area contributed by atoms with Crippen LogP contribution in [0, 0.1) is 11.6 Å². The van der Waals surface area contributed by atoms with Crippen molar-refractivity contribution >= 4 is 22.5 Å². The topological polar surface area (TPSA) is 30.9 Å². The van der Waals surface area contributed by atoms with Crippen LogP contribution in [-0.2, 0) is 15.8 Å². The van der Waals surface area contributed by atoms with Crippen molar-refractivity contribution in [3.05, 3.63) is 130 Å². The fourth-order valence-electron chi connectivity index (χ4n) is 8.29. The quantitative estimate of drug-likeness (QED) is 0.146. The van der Waals surface area contributed by atoms with E-state index in [0.29, 0.717) is 17.7 Å². The normalized spacial score (nSPS) is 18.8. The van der Waals surface area contributed by atoms with E-state index in [1.807, 2.05) is 44.2 Å². The summed E-state index contributed by atoms with van der Waals surface area (Å²) in [6, 6.07) is 27.4. The second kappa shape index (κ2) is 12.9. The summed E-state index contributed by atoms with van der Waals surface area (Å²) < 4.78 is 49.5. The molecule has 4 nitrogen and oxygen atoms in total. The van der Waals surface area contributed by atoms with Gasteiger partial charge in [0.15, 0.2) is 5.60 Å². The van der Waals surface area contributed by atoms with Gasteiger partial charge in [0.1, 0.15) is 23.1 Å². The second-order valence-electron chi connectivity index (χ2n) is 14.2. The molecule has 5 aromatic carbocycles. The molecule has 2 aliphatic heterocycles. The lowest BCUT2D eigenvalue weighted by Crippen LogP contribution is -2.37. The van der Waals surface area contributed by atoms with Gasteiger partial charge in [-0.25, -0.2) is 8.78 Å². The van der Waals surface area contributed by atoms with E-state index < -0.39 is 22.7 Å². The van der Waals surface area contributed by atoms with Gasteiger partial charge in [-0.1, -0.05) is 94.6 Å². The van der Waals surface area contributed by atoms with Crippen LogP contribution in [0.4, 0.5) is 14.5 Å². The van der Waals surface area contributed by atoms with Gasteiger partial charge in [-0.15, -0.1) is 0 Å². The number of fused-ring (bicyclic) bond motifs is 8. The summed E-state index contributed by atoms with van der Waals surface area (Å²) in [6.45, 7) is 10.1. The minimum absolute atomic E-state index is 0.515. The van der Waals surface area contributed by atoms with Crippen molar-refractivity contribution in [2.24, 2.45) is 0 Å². The molecule has 1 fully saturated rings. The third-order valence-electron chi connectivity index (χ3n) is 10.7. The maximum absolute atomic E-state index is 15.6. The fraction of sp³-hybridized carbons (Fsp3) is 0.318. The Morgan fingerprint density at radius 1 is 0.800 bits per heavy atom. The summed E-state index contributed by atoms with van der Waals surface area (Å²) in [4.78, 5) is 2.35. The van der Waals surface area contributed by atoms with Crippen LogP contribution < -0.4 is 14.4 Å². The molecule has 0 saturated carbocycles. The molecule has 5 aromatic rings. The summed E-state index contributed by atoms with van der Waals surface area (Å²) in [5.74, 6) is 0.464. The number of rotatable bonds is 9. The van der Waals surface area contributed by atoms with E-state index in [0.717, 1.165) is 101 Å². The molecule has 0 spiro atoms. The number of halogens is 2. The zero-order valence-corrected chi connectivity index (χ0v) is 29.0. The molecule has 0 aromatic heterocycles. The molecule has 0 radical (unpaired) electrons. The van der Waals surface area contributed by atoms with Crippen molar-refractivity contribution in [1.29, 1.82) is 0 Å². The van der Waals surface area contributed by atoms with Gasteiger partial charge in [-0.2, -0.15) is 0 Å². The number of benzene rings is 5. The minimum Gasteiger partial charge on any atom is -0.494 e.